The fraction of sp³-hybridized carbons (Fsp3) is 0.419. The predicted molar refractivity (Wildman–Crippen MR) is 159 cm³/mol. The smallest absolute Gasteiger partial charge is 0.339 e. The van der Waals surface area contributed by atoms with Crippen molar-refractivity contribution in [3.05, 3.63) is 63.6 Å². The first-order chi connectivity index (χ1) is 21.1. The summed E-state index contributed by atoms with van der Waals surface area (Å²) < 4.78 is 16.9. The van der Waals surface area contributed by atoms with E-state index in [9.17, 15) is 33.2 Å². The van der Waals surface area contributed by atoms with Crippen molar-refractivity contribution in [1.29, 1.82) is 0 Å². The van der Waals surface area contributed by atoms with Crippen LogP contribution in [-0.4, -0.2) is 67.7 Å². The number of aromatic nitrogens is 1. The Kier molecular flexibility index (Phi) is 6.68. The average Bonchev–Trinajstić information content (AvgIpc) is 3.39. The number of pyridine rings is 1. The quantitative estimate of drug-likeness (QED) is 0.447. The second kappa shape index (κ2) is 10.4. The Morgan fingerprint density at radius 3 is 2.50 bits per heavy atom. The van der Waals surface area contributed by atoms with Gasteiger partial charge in [0.1, 0.15) is 17.6 Å². The number of thiophene rings is 1. The van der Waals surface area contributed by atoms with Gasteiger partial charge in [0.15, 0.2) is 5.82 Å². The fourth-order valence-corrected chi connectivity index (χ4v) is 7.85. The lowest BCUT2D eigenvalue weighted by Gasteiger charge is -2.36. The van der Waals surface area contributed by atoms with Crippen molar-refractivity contribution in [3.8, 4) is 0 Å². The van der Waals surface area contributed by atoms with E-state index in [2.05, 4.69) is 5.32 Å². The Morgan fingerprint density at radius 2 is 1.75 bits per heavy atom. The summed E-state index contributed by atoms with van der Waals surface area (Å²) >= 11 is 1.33. The number of urea groups is 1. The van der Waals surface area contributed by atoms with Gasteiger partial charge in [-0.25, -0.2) is 19.0 Å². The molecule has 7 rings (SSSR count). The van der Waals surface area contributed by atoms with Gasteiger partial charge in [0.05, 0.1) is 10.6 Å². The van der Waals surface area contributed by atoms with Gasteiger partial charge in [0.2, 0.25) is 5.91 Å². The zero-order chi connectivity index (χ0) is 30.9. The maximum absolute atomic E-state index is 14.9. The molecule has 4 aliphatic rings. The van der Waals surface area contributed by atoms with Crippen LogP contribution in [0.1, 0.15) is 61.0 Å². The van der Waals surface area contributed by atoms with Crippen molar-refractivity contribution in [2.75, 3.05) is 4.90 Å². The second-order valence-corrected chi connectivity index (χ2v) is 13.1. The van der Waals surface area contributed by atoms with Gasteiger partial charge in [-0.05, 0) is 56.0 Å². The number of anilines is 1. The van der Waals surface area contributed by atoms with Gasteiger partial charge < -0.3 is 14.8 Å². The number of nitrogens with zero attached hydrogens (tertiary/aromatic N) is 4. The van der Waals surface area contributed by atoms with Gasteiger partial charge in [-0.3, -0.25) is 24.0 Å². The van der Waals surface area contributed by atoms with E-state index in [1.54, 1.807) is 6.07 Å². The lowest BCUT2D eigenvalue weighted by molar-refractivity contribution is -0.147. The molecular weight excluding hydrogens is 589 g/mol. The molecule has 1 N–H and O–H groups in total. The molecule has 3 saturated heterocycles. The first-order valence-electron chi connectivity index (χ1n) is 14.8. The summed E-state index contributed by atoms with van der Waals surface area (Å²) in [5.74, 6) is -3.16. The van der Waals surface area contributed by atoms with E-state index < -0.39 is 58.4 Å². The van der Waals surface area contributed by atoms with Crippen molar-refractivity contribution in [1.82, 2.24) is 19.7 Å². The molecule has 13 heteroatoms. The molecule has 228 valence electrons. The summed E-state index contributed by atoms with van der Waals surface area (Å²) in [5.41, 5.74) is -2.58. The summed E-state index contributed by atoms with van der Waals surface area (Å²) in [6, 6.07) is 7.12. The van der Waals surface area contributed by atoms with Gasteiger partial charge in [-0.1, -0.05) is 31.0 Å². The van der Waals surface area contributed by atoms with Gasteiger partial charge in [-0.15, -0.1) is 11.3 Å². The minimum Gasteiger partial charge on any atom is -0.340 e. The number of nitrogens with one attached hydrogen (secondary N) is 1. The van der Waals surface area contributed by atoms with Crippen molar-refractivity contribution >= 4 is 56.8 Å². The highest BCUT2D eigenvalue weighted by molar-refractivity contribution is 7.20. The highest BCUT2D eigenvalue weighted by atomic mass is 32.1. The molecule has 0 bridgehead atoms. The third-order valence-electron chi connectivity index (χ3n) is 9.33. The lowest BCUT2D eigenvalue weighted by atomic mass is 9.99. The largest absolute Gasteiger partial charge is 0.340 e. The van der Waals surface area contributed by atoms with E-state index in [0.29, 0.717) is 35.5 Å². The number of amides is 6. The van der Waals surface area contributed by atoms with Crippen LogP contribution in [0.2, 0.25) is 0 Å². The second-order valence-electron chi connectivity index (χ2n) is 12.0. The molecule has 3 aromatic rings. The van der Waals surface area contributed by atoms with Crippen LogP contribution in [0.4, 0.5) is 14.9 Å². The molecule has 3 aliphatic heterocycles. The molecule has 0 radical (unpaired) electrons. The van der Waals surface area contributed by atoms with E-state index in [0.717, 1.165) is 44.7 Å². The Morgan fingerprint density at radius 1 is 1.00 bits per heavy atom. The van der Waals surface area contributed by atoms with Gasteiger partial charge >= 0.3 is 6.03 Å². The van der Waals surface area contributed by atoms with E-state index in [-0.39, 0.29) is 24.8 Å². The van der Waals surface area contributed by atoms with E-state index in [1.165, 1.54) is 23.3 Å². The first kappa shape index (κ1) is 28.4. The van der Waals surface area contributed by atoms with E-state index in [1.807, 2.05) is 24.3 Å². The number of hydrogen-bond donors (Lipinski definition) is 1. The number of halogens is 1. The summed E-state index contributed by atoms with van der Waals surface area (Å²) in [7, 11) is 1.34. The number of hydrogen-bond acceptors (Lipinski definition) is 7. The van der Waals surface area contributed by atoms with Gasteiger partial charge in [0.25, 0.3) is 23.3 Å². The van der Waals surface area contributed by atoms with Crippen LogP contribution in [0, 0.1) is 5.82 Å². The number of imide groups is 2. The Hall–Kier alpha value is -4.39. The Balaban J connectivity index is 1.16. The molecule has 5 heterocycles. The highest BCUT2D eigenvalue weighted by Gasteiger charge is 2.68. The van der Waals surface area contributed by atoms with Crippen molar-refractivity contribution in [3.63, 3.8) is 0 Å². The number of fused-ring (bicyclic) bond motifs is 2. The highest BCUT2D eigenvalue weighted by Crippen LogP contribution is 2.50. The van der Waals surface area contributed by atoms with Crippen LogP contribution in [0.15, 0.2) is 47.4 Å². The molecule has 0 unspecified atom stereocenters. The molecule has 1 saturated carbocycles. The molecular formula is C31H30FN5O6S. The monoisotopic (exact) mass is 619 g/mol. The molecule has 4 fully saturated rings. The Labute approximate surface area is 255 Å². The molecule has 1 aliphatic carbocycles. The van der Waals surface area contributed by atoms with Gasteiger partial charge in [-0.2, -0.15) is 0 Å². The summed E-state index contributed by atoms with van der Waals surface area (Å²) in [6.07, 6.45) is 4.74. The summed E-state index contributed by atoms with van der Waals surface area (Å²) in [6.45, 7) is 0. The SMILES string of the molecule is Cn1cc(F)c(N2C(=O)N(C(=O)[C@@H]3CC[C@@H]4CCCC[C@H](NC(=O)c5cc6ccccc6s5)C(=O)N43)C3(CC3)C2=O)cc1=O. The molecule has 3 atom stereocenters. The van der Waals surface area contributed by atoms with Crippen LogP contribution in [0.25, 0.3) is 10.1 Å². The van der Waals surface area contributed by atoms with Crippen LogP contribution in [-0.2, 0) is 21.4 Å². The molecule has 44 heavy (non-hydrogen) atoms. The van der Waals surface area contributed by atoms with Crippen LogP contribution >= 0.6 is 11.3 Å². The third-order valence-corrected chi connectivity index (χ3v) is 10.4. The minimum absolute atomic E-state index is 0.213. The summed E-state index contributed by atoms with van der Waals surface area (Å²) in [5, 5.41) is 3.83. The summed E-state index contributed by atoms with van der Waals surface area (Å²) in [4.78, 5) is 84.4. The van der Waals surface area contributed by atoms with Crippen molar-refractivity contribution in [2.24, 2.45) is 7.05 Å². The number of benzene rings is 1. The first-order valence-corrected chi connectivity index (χ1v) is 15.6. The molecule has 2 aromatic heterocycles. The number of carbonyl (C=O) groups is 5. The number of rotatable bonds is 4. The zero-order valence-electron chi connectivity index (χ0n) is 24.0. The normalized spacial score (nSPS) is 24.5. The van der Waals surface area contributed by atoms with Gasteiger partial charge in [0, 0.05) is 30.1 Å². The standard InChI is InChI=1S/C31H30FN5O6S/c1-34-16-19(32)22(15-25(34)38)36-29(42)31(12-13-31)37(30(36)43)28(41)21-11-10-18-7-3-4-8-20(27(40)35(18)21)33-26(39)24-14-17-6-2-5-9-23(17)44-24/h2,5-6,9,14-16,18,20-21H,3-4,7-8,10-13H2,1H3,(H,33,39)/t18-,20-,21-/m0/s1. The average molecular weight is 620 g/mol. The third kappa shape index (κ3) is 4.35. The zero-order valence-corrected chi connectivity index (χ0v) is 24.8. The predicted octanol–water partition coefficient (Wildman–Crippen LogP) is 3.30. The number of carbonyl (C=O) groups excluding carboxylic acids is 5. The van der Waals surface area contributed by atoms with Crippen LogP contribution in [0.3, 0.4) is 0 Å². The minimum atomic E-state index is -1.46. The van der Waals surface area contributed by atoms with Crippen LogP contribution in [0.5, 0.6) is 0 Å². The van der Waals surface area contributed by atoms with Crippen molar-refractivity contribution < 1.29 is 28.4 Å². The molecule has 1 aromatic carbocycles. The maximum atomic E-state index is 14.9. The Bertz CT molecular complexity index is 1780. The molecule has 11 nitrogen and oxygen atoms in total. The number of aryl methyl sites for hydroxylation is 1. The van der Waals surface area contributed by atoms with E-state index >= 15 is 0 Å². The topological polar surface area (TPSA) is 129 Å². The lowest BCUT2D eigenvalue weighted by Crippen LogP contribution is -2.58. The van der Waals surface area contributed by atoms with Crippen LogP contribution < -0.4 is 15.8 Å². The fourth-order valence-electron chi connectivity index (χ4n) is 6.89. The molecule has 6 amide bonds. The molecule has 1 spiro atoms. The van der Waals surface area contributed by atoms with E-state index in [4.69, 9.17) is 0 Å². The van der Waals surface area contributed by atoms with Crippen molar-refractivity contribution in [2.45, 2.75) is 75.0 Å². The maximum Gasteiger partial charge on any atom is 0.339 e.